The van der Waals surface area contributed by atoms with Gasteiger partial charge in [-0.15, -0.1) is 0 Å². The predicted octanol–water partition coefficient (Wildman–Crippen LogP) is 2.24. The SMILES string of the molecule is CCOC(=O)C1C(c2ccccc2OC(F)F)NC(=S)NC1(O)C(F)(F)F. The van der Waals surface area contributed by atoms with Gasteiger partial charge >= 0.3 is 18.8 Å². The van der Waals surface area contributed by atoms with E-state index >= 15 is 0 Å². The van der Waals surface area contributed by atoms with E-state index in [1.165, 1.54) is 25.1 Å². The number of rotatable bonds is 5. The number of halogens is 5. The van der Waals surface area contributed by atoms with Gasteiger partial charge < -0.3 is 25.2 Å². The fourth-order valence-corrected chi connectivity index (χ4v) is 3.02. The molecule has 6 nitrogen and oxygen atoms in total. The first kappa shape index (κ1) is 21.1. The van der Waals surface area contributed by atoms with E-state index in [-0.39, 0.29) is 12.2 Å². The molecule has 1 fully saturated rings. The second-order valence-corrected chi connectivity index (χ2v) is 5.89. The average Bonchev–Trinajstić information content (AvgIpc) is 2.53. The monoisotopic (exact) mass is 414 g/mol. The van der Waals surface area contributed by atoms with Gasteiger partial charge in [-0.25, -0.2) is 0 Å². The molecular formula is C15H15F5N2O4S. The summed E-state index contributed by atoms with van der Waals surface area (Å²) in [6.07, 6.45) is -5.34. The molecule has 0 radical (unpaired) electrons. The number of para-hydroxylation sites is 1. The van der Waals surface area contributed by atoms with Crippen molar-refractivity contribution >= 4 is 23.3 Å². The first-order valence-corrected chi connectivity index (χ1v) is 8.00. The van der Waals surface area contributed by atoms with Crippen LogP contribution in [0.3, 0.4) is 0 Å². The van der Waals surface area contributed by atoms with E-state index in [0.29, 0.717) is 0 Å². The summed E-state index contributed by atoms with van der Waals surface area (Å²) in [6, 6.07) is 3.26. The summed E-state index contributed by atoms with van der Waals surface area (Å²) < 4.78 is 75.1. The molecule has 1 aromatic rings. The number of aliphatic hydroxyl groups is 1. The molecule has 0 spiro atoms. The lowest BCUT2D eigenvalue weighted by Gasteiger charge is -2.45. The molecule has 1 aliphatic rings. The van der Waals surface area contributed by atoms with Gasteiger partial charge in [0.1, 0.15) is 11.7 Å². The fourth-order valence-electron chi connectivity index (χ4n) is 2.74. The minimum atomic E-state index is -5.34. The summed E-state index contributed by atoms with van der Waals surface area (Å²) in [5.41, 5.74) is -4.02. The predicted molar refractivity (Wildman–Crippen MR) is 85.8 cm³/mol. The Bertz CT molecular complexity index is 718. The summed E-state index contributed by atoms with van der Waals surface area (Å²) in [5, 5.41) is 13.7. The van der Waals surface area contributed by atoms with Crippen LogP contribution < -0.4 is 15.4 Å². The van der Waals surface area contributed by atoms with Crippen LogP contribution in [0.1, 0.15) is 18.5 Å². The van der Waals surface area contributed by atoms with Crippen molar-refractivity contribution in [1.29, 1.82) is 0 Å². The van der Waals surface area contributed by atoms with Crippen molar-refractivity contribution < 1.29 is 41.3 Å². The molecule has 0 aromatic heterocycles. The van der Waals surface area contributed by atoms with Crippen LogP contribution in [0, 0.1) is 5.92 Å². The summed E-state index contributed by atoms with van der Waals surface area (Å²) in [7, 11) is 0. The van der Waals surface area contributed by atoms with Gasteiger partial charge in [0.15, 0.2) is 5.11 Å². The van der Waals surface area contributed by atoms with Gasteiger partial charge in [-0.1, -0.05) is 18.2 Å². The van der Waals surface area contributed by atoms with Crippen molar-refractivity contribution in [3.8, 4) is 5.75 Å². The Morgan fingerprint density at radius 3 is 2.56 bits per heavy atom. The van der Waals surface area contributed by atoms with Gasteiger partial charge in [-0.3, -0.25) is 4.79 Å². The number of thiocarbonyl (C=S) groups is 1. The topological polar surface area (TPSA) is 79.8 Å². The number of hydrogen-bond donors (Lipinski definition) is 3. The summed E-state index contributed by atoms with van der Waals surface area (Å²) in [6.45, 7) is -2.17. The molecule has 1 heterocycles. The van der Waals surface area contributed by atoms with Crippen molar-refractivity contribution in [2.24, 2.45) is 5.92 Å². The molecule has 0 aliphatic carbocycles. The lowest BCUT2D eigenvalue weighted by molar-refractivity contribution is -0.292. The van der Waals surface area contributed by atoms with E-state index < -0.39 is 47.3 Å². The Balaban J connectivity index is 2.61. The minimum absolute atomic E-state index is 0.234. The average molecular weight is 414 g/mol. The zero-order valence-electron chi connectivity index (χ0n) is 13.7. The Labute approximate surface area is 155 Å². The molecule has 0 saturated carbocycles. The molecule has 3 N–H and O–H groups in total. The van der Waals surface area contributed by atoms with Gasteiger partial charge in [0.2, 0.25) is 0 Å². The highest BCUT2D eigenvalue weighted by molar-refractivity contribution is 7.80. The van der Waals surface area contributed by atoms with Crippen LogP contribution in [0.4, 0.5) is 22.0 Å². The maximum atomic E-state index is 13.6. The Kier molecular flexibility index (Phi) is 6.10. The number of esters is 1. The zero-order chi connectivity index (χ0) is 20.4. The molecule has 0 amide bonds. The fraction of sp³-hybridized carbons (Fsp3) is 0.467. The molecule has 1 saturated heterocycles. The van der Waals surface area contributed by atoms with E-state index in [9.17, 15) is 31.9 Å². The Morgan fingerprint density at radius 2 is 2.00 bits per heavy atom. The summed E-state index contributed by atoms with van der Waals surface area (Å²) in [4.78, 5) is 12.3. The van der Waals surface area contributed by atoms with E-state index in [1.54, 1.807) is 5.32 Å². The molecule has 3 atom stereocenters. The third-order valence-corrected chi connectivity index (χ3v) is 4.04. The first-order valence-electron chi connectivity index (χ1n) is 7.59. The number of carbonyl (C=O) groups is 1. The van der Waals surface area contributed by atoms with Gasteiger partial charge in [0.25, 0.3) is 5.72 Å². The molecule has 3 unspecified atom stereocenters. The van der Waals surface area contributed by atoms with Crippen molar-refractivity contribution in [2.75, 3.05) is 6.61 Å². The zero-order valence-corrected chi connectivity index (χ0v) is 14.5. The minimum Gasteiger partial charge on any atom is -0.466 e. The van der Waals surface area contributed by atoms with E-state index in [4.69, 9.17) is 12.2 Å². The normalized spacial score (nSPS) is 25.6. The smallest absolute Gasteiger partial charge is 0.437 e. The second kappa shape index (κ2) is 7.80. The molecule has 27 heavy (non-hydrogen) atoms. The molecule has 1 aliphatic heterocycles. The highest BCUT2D eigenvalue weighted by atomic mass is 32.1. The standard InChI is InChI=1S/C15H15F5N2O4S/c1-2-25-11(23)9-10(7-5-3-4-6-8(7)26-12(16)17)21-13(27)22-14(9,24)15(18,19)20/h3-6,9-10,12,24H,2H2,1H3,(H2,21,22,27). The number of ether oxygens (including phenoxy) is 2. The van der Waals surface area contributed by atoms with E-state index in [1.807, 2.05) is 0 Å². The number of benzene rings is 1. The third-order valence-electron chi connectivity index (χ3n) is 3.82. The Morgan fingerprint density at radius 1 is 1.37 bits per heavy atom. The number of alkyl halides is 5. The number of carbonyl (C=O) groups excluding carboxylic acids is 1. The van der Waals surface area contributed by atoms with Crippen LogP contribution in [-0.4, -0.2) is 41.3 Å². The van der Waals surface area contributed by atoms with Crippen molar-refractivity contribution in [2.45, 2.75) is 31.5 Å². The summed E-state index contributed by atoms with van der Waals surface area (Å²) >= 11 is 4.71. The van der Waals surface area contributed by atoms with Crippen LogP contribution >= 0.6 is 12.2 Å². The largest absolute Gasteiger partial charge is 0.466 e. The van der Waals surface area contributed by atoms with Gasteiger partial charge in [0.05, 0.1) is 12.6 Å². The van der Waals surface area contributed by atoms with Gasteiger partial charge in [-0.2, -0.15) is 22.0 Å². The van der Waals surface area contributed by atoms with E-state index in [2.05, 4.69) is 14.8 Å². The second-order valence-electron chi connectivity index (χ2n) is 5.49. The highest BCUT2D eigenvalue weighted by Crippen LogP contribution is 2.44. The molecule has 150 valence electrons. The van der Waals surface area contributed by atoms with Gasteiger partial charge in [0, 0.05) is 5.56 Å². The molecular weight excluding hydrogens is 399 g/mol. The highest BCUT2D eigenvalue weighted by Gasteiger charge is 2.66. The Hall–Kier alpha value is -2.21. The van der Waals surface area contributed by atoms with Crippen LogP contribution in [0.5, 0.6) is 5.75 Å². The van der Waals surface area contributed by atoms with E-state index in [0.717, 1.165) is 6.07 Å². The lowest BCUT2D eigenvalue weighted by atomic mass is 9.81. The van der Waals surface area contributed by atoms with Crippen molar-refractivity contribution in [3.63, 3.8) is 0 Å². The maximum Gasteiger partial charge on any atom is 0.437 e. The van der Waals surface area contributed by atoms with Crippen LogP contribution in [-0.2, 0) is 9.53 Å². The van der Waals surface area contributed by atoms with Crippen LogP contribution in [0.2, 0.25) is 0 Å². The molecule has 1 aromatic carbocycles. The van der Waals surface area contributed by atoms with Crippen molar-refractivity contribution in [1.82, 2.24) is 10.6 Å². The third kappa shape index (κ3) is 4.21. The maximum absolute atomic E-state index is 13.6. The van der Waals surface area contributed by atoms with Crippen LogP contribution in [0.25, 0.3) is 0 Å². The van der Waals surface area contributed by atoms with Crippen molar-refractivity contribution in [3.05, 3.63) is 29.8 Å². The number of hydrogen-bond acceptors (Lipinski definition) is 5. The molecule has 0 bridgehead atoms. The number of nitrogens with one attached hydrogen (secondary N) is 2. The quantitative estimate of drug-likeness (QED) is 0.387. The van der Waals surface area contributed by atoms with Crippen LogP contribution in [0.15, 0.2) is 24.3 Å². The molecule has 12 heteroatoms. The molecule has 2 rings (SSSR count). The summed E-state index contributed by atoms with van der Waals surface area (Å²) in [5.74, 6) is -4.18. The van der Waals surface area contributed by atoms with Gasteiger partial charge in [-0.05, 0) is 25.2 Å². The first-order chi connectivity index (χ1) is 12.5. The lowest BCUT2D eigenvalue weighted by Crippen LogP contribution is -2.73.